The molecule has 0 saturated carbocycles. The molecule has 0 bridgehead atoms. The van der Waals surface area contributed by atoms with E-state index in [-0.39, 0.29) is 17.5 Å². The number of thiazole rings is 1. The summed E-state index contributed by atoms with van der Waals surface area (Å²) in [5, 5.41) is 7.19. The summed E-state index contributed by atoms with van der Waals surface area (Å²) in [7, 11) is -2.88. The zero-order chi connectivity index (χ0) is 13.3. The molecule has 1 aliphatic rings. The molecule has 1 atom stereocenters. The molecule has 1 aromatic heterocycles. The molecule has 8 heteroatoms. The van der Waals surface area contributed by atoms with E-state index in [1.165, 1.54) is 11.3 Å². The van der Waals surface area contributed by atoms with Gasteiger partial charge in [0.25, 0.3) is 0 Å². The summed E-state index contributed by atoms with van der Waals surface area (Å²) in [6.45, 7) is 3.94. The predicted octanol–water partition coefficient (Wildman–Crippen LogP) is 1.23. The maximum Gasteiger partial charge on any atom is 0.189 e. The van der Waals surface area contributed by atoms with Crippen LogP contribution in [0.25, 0.3) is 0 Å². The molecule has 0 unspecified atom stereocenters. The second-order valence-electron chi connectivity index (χ2n) is 4.36. The van der Waals surface area contributed by atoms with E-state index in [0.717, 1.165) is 15.7 Å². The van der Waals surface area contributed by atoms with Crippen molar-refractivity contribution in [2.75, 3.05) is 16.8 Å². The van der Waals surface area contributed by atoms with Gasteiger partial charge in [-0.2, -0.15) is 0 Å². The quantitative estimate of drug-likeness (QED) is 0.801. The van der Waals surface area contributed by atoms with Crippen molar-refractivity contribution >= 4 is 43.6 Å². The van der Waals surface area contributed by atoms with Gasteiger partial charge in [-0.25, -0.2) is 13.4 Å². The second-order valence-corrected chi connectivity index (χ2v) is 8.20. The van der Waals surface area contributed by atoms with Gasteiger partial charge in [-0.05, 0) is 32.5 Å². The molecule has 2 rings (SSSR count). The number of aromatic nitrogens is 1. The Labute approximate surface area is 116 Å². The first-order valence-corrected chi connectivity index (χ1v) is 8.62. The lowest BCUT2D eigenvalue weighted by Gasteiger charge is -2.13. The molecule has 0 amide bonds. The molecule has 0 aromatic carbocycles. The highest BCUT2D eigenvalue weighted by atomic mass is 32.2. The topological polar surface area (TPSA) is 71.1 Å². The van der Waals surface area contributed by atoms with Gasteiger partial charge in [0.1, 0.15) is 0 Å². The number of aryl methyl sites for hydroxylation is 2. The minimum Gasteiger partial charge on any atom is -0.359 e. The van der Waals surface area contributed by atoms with Crippen LogP contribution in [0, 0.1) is 13.8 Å². The highest BCUT2D eigenvalue weighted by Crippen LogP contribution is 2.21. The summed E-state index contributed by atoms with van der Waals surface area (Å²) >= 11 is 6.68. The number of nitrogens with zero attached hydrogens (tertiary/aromatic N) is 1. The molecule has 100 valence electrons. The van der Waals surface area contributed by atoms with Crippen molar-refractivity contribution in [2.24, 2.45) is 0 Å². The Morgan fingerprint density at radius 1 is 1.50 bits per heavy atom. The number of nitrogens with one attached hydrogen (secondary N) is 2. The van der Waals surface area contributed by atoms with Gasteiger partial charge >= 0.3 is 0 Å². The van der Waals surface area contributed by atoms with E-state index in [1.54, 1.807) is 0 Å². The fourth-order valence-corrected chi connectivity index (χ4v) is 4.57. The average Bonchev–Trinajstić information content (AvgIpc) is 2.71. The van der Waals surface area contributed by atoms with Gasteiger partial charge in [-0.15, -0.1) is 11.3 Å². The van der Waals surface area contributed by atoms with Crippen LogP contribution in [-0.2, 0) is 9.84 Å². The third-order valence-electron chi connectivity index (χ3n) is 2.82. The maximum atomic E-state index is 11.3. The van der Waals surface area contributed by atoms with Gasteiger partial charge < -0.3 is 10.6 Å². The smallest absolute Gasteiger partial charge is 0.189 e. The van der Waals surface area contributed by atoms with Crippen molar-refractivity contribution in [3.8, 4) is 0 Å². The van der Waals surface area contributed by atoms with E-state index in [1.807, 2.05) is 13.8 Å². The number of sulfone groups is 1. The van der Waals surface area contributed by atoms with Crippen molar-refractivity contribution in [3.05, 3.63) is 10.6 Å². The maximum absolute atomic E-state index is 11.3. The largest absolute Gasteiger partial charge is 0.359 e. The van der Waals surface area contributed by atoms with Gasteiger partial charge in [0.15, 0.2) is 20.1 Å². The SMILES string of the molecule is Cc1nc(NC(=S)N[C@H]2CCS(=O)(=O)C2)sc1C. The van der Waals surface area contributed by atoms with Gasteiger partial charge in [0, 0.05) is 10.9 Å². The van der Waals surface area contributed by atoms with Crippen LogP contribution < -0.4 is 10.6 Å². The fraction of sp³-hybridized carbons (Fsp3) is 0.600. The number of hydrogen-bond acceptors (Lipinski definition) is 5. The van der Waals surface area contributed by atoms with E-state index >= 15 is 0 Å². The third-order valence-corrected chi connectivity index (χ3v) is 5.79. The summed E-state index contributed by atoms with van der Waals surface area (Å²) in [4.78, 5) is 5.46. The molecule has 0 spiro atoms. The van der Waals surface area contributed by atoms with Gasteiger partial charge in [-0.1, -0.05) is 0 Å². The lowest BCUT2D eigenvalue weighted by atomic mass is 10.3. The first kappa shape index (κ1) is 13.7. The first-order chi connectivity index (χ1) is 8.35. The van der Waals surface area contributed by atoms with Crippen molar-refractivity contribution in [2.45, 2.75) is 26.3 Å². The molecule has 1 fully saturated rings. The van der Waals surface area contributed by atoms with Crippen LogP contribution in [-0.4, -0.2) is 36.1 Å². The van der Waals surface area contributed by atoms with Crippen LogP contribution in [0.1, 0.15) is 17.0 Å². The number of thiocarbonyl (C=S) groups is 1. The monoisotopic (exact) mass is 305 g/mol. The van der Waals surface area contributed by atoms with E-state index in [2.05, 4.69) is 15.6 Å². The van der Waals surface area contributed by atoms with Crippen molar-refractivity contribution in [3.63, 3.8) is 0 Å². The minimum atomic E-state index is -2.88. The van der Waals surface area contributed by atoms with E-state index in [0.29, 0.717) is 11.5 Å². The Kier molecular flexibility index (Phi) is 3.88. The molecule has 0 aliphatic carbocycles. The Morgan fingerprint density at radius 2 is 2.22 bits per heavy atom. The van der Waals surface area contributed by atoms with Crippen LogP contribution in [0.15, 0.2) is 0 Å². The highest BCUT2D eigenvalue weighted by Gasteiger charge is 2.28. The van der Waals surface area contributed by atoms with Crippen LogP contribution in [0.2, 0.25) is 0 Å². The molecular weight excluding hydrogens is 290 g/mol. The molecule has 5 nitrogen and oxygen atoms in total. The Morgan fingerprint density at radius 3 is 2.72 bits per heavy atom. The number of hydrogen-bond donors (Lipinski definition) is 2. The minimum absolute atomic E-state index is 0.0860. The summed E-state index contributed by atoms with van der Waals surface area (Å²) < 4.78 is 22.6. The molecule has 2 heterocycles. The van der Waals surface area contributed by atoms with Crippen LogP contribution in [0.3, 0.4) is 0 Å². The van der Waals surface area contributed by atoms with Gasteiger partial charge in [0.05, 0.1) is 17.2 Å². The summed E-state index contributed by atoms with van der Waals surface area (Å²) in [5.74, 6) is 0.396. The summed E-state index contributed by atoms with van der Waals surface area (Å²) in [5.41, 5.74) is 0.980. The normalized spacial score (nSPS) is 21.8. The van der Waals surface area contributed by atoms with Gasteiger partial charge in [-0.3, -0.25) is 0 Å². The highest BCUT2D eigenvalue weighted by molar-refractivity contribution is 7.91. The summed E-state index contributed by atoms with van der Waals surface area (Å²) in [6.07, 6.45) is 0.611. The molecule has 18 heavy (non-hydrogen) atoms. The van der Waals surface area contributed by atoms with E-state index < -0.39 is 9.84 Å². The zero-order valence-electron chi connectivity index (χ0n) is 10.2. The fourth-order valence-electron chi connectivity index (χ4n) is 1.75. The summed E-state index contributed by atoms with van der Waals surface area (Å²) in [6, 6.07) is -0.0860. The van der Waals surface area contributed by atoms with E-state index in [4.69, 9.17) is 12.2 Å². The Balaban J connectivity index is 1.90. The molecule has 2 N–H and O–H groups in total. The van der Waals surface area contributed by atoms with Gasteiger partial charge in [0.2, 0.25) is 0 Å². The first-order valence-electron chi connectivity index (χ1n) is 5.58. The van der Waals surface area contributed by atoms with E-state index in [9.17, 15) is 8.42 Å². The van der Waals surface area contributed by atoms with Crippen molar-refractivity contribution in [1.29, 1.82) is 0 Å². The molecule has 0 radical (unpaired) electrons. The third kappa shape index (κ3) is 3.39. The lowest BCUT2D eigenvalue weighted by Crippen LogP contribution is -2.38. The second kappa shape index (κ2) is 5.10. The predicted molar refractivity (Wildman–Crippen MR) is 78.0 cm³/mol. The molecular formula is C10H15N3O2S3. The van der Waals surface area contributed by atoms with Crippen LogP contribution in [0.5, 0.6) is 0 Å². The number of anilines is 1. The lowest BCUT2D eigenvalue weighted by molar-refractivity contribution is 0.600. The van der Waals surface area contributed by atoms with Crippen LogP contribution >= 0.6 is 23.6 Å². The van der Waals surface area contributed by atoms with Crippen LogP contribution in [0.4, 0.5) is 5.13 Å². The molecule has 1 aromatic rings. The zero-order valence-corrected chi connectivity index (χ0v) is 12.6. The average molecular weight is 305 g/mol. The number of rotatable bonds is 2. The molecule has 1 aliphatic heterocycles. The molecule has 1 saturated heterocycles. The standard InChI is InChI=1S/C10H15N3O2S3/c1-6-7(2)17-10(11-6)13-9(16)12-8-3-4-18(14,15)5-8/h8H,3-5H2,1-2H3,(H2,11,12,13,16)/t8-/m0/s1. The van der Waals surface area contributed by atoms with Crippen molar-refractivity contribution in [1.82, 2.24) is 10.3 Å². The van der Waals surface area contributed by atoms with Crippen molar-refractivity contribution < 1.29 is 8.42 Å². The Hall–Kier alpha value is -0.730. The Bertz CT molecular complexity index is 545.